The average molecular weight is 292 g/mol. The molecule has 0 radical (unpaired) electrons. The van der Waals surface area contributed by atoms with E-state index >= 15 is 0 Å². The lowest BCUT2D eigenvalue weighted by Gasteiger charge is -2.07. The Bertz CT molecular complexity index is 885. The van der Waals surface area contributed by atoms with Crippen molar-refractivity contribution in [2.75, 3.05) is 7.11 Å². The monoisotopic (exact) mass is 292 g/mol. The van der Waals surface area contributed by atoms with Gasteiger partial charge in [0, 0.05) is 11.3 Å². The molecule has 0 aliphatic rings. The smallest absolute Gasteiger partial charge is 0.267 e. The van der Waals surface area contributed by atoms with Crippen LogP contribution in [0.25, 0.3) is 22.6 Å². The summed E-state index contributed by atoms with van der Waals surface area (Å²) in [7, 11) is 1.59. The molecule has 0 aliphatic carbocycles. The van der Waals surface area contributed by atoms with E-state index in [1.54, 1.807) is 37.4 Å². The first-order chi connectivity index (χ1) is 10.7. The van der Waals surface area contributed by atoms with E-state index in [0.29, 0.717) is 17.0 Å². The molecule has 3 rings (SSSR count). The number of aromatic nitrogens is 1. The molecule has 0 aliphatic heterocycles. The number of nitriles is 1. The van der Waals surface area contributed by atoms with Crippen LogP contribution in [0.5, 0.6) is 5.75 Å². The zero-order chi connectivity index (χ0) is 15.5. The van der Waals surface area contributed by atoms with Crippen molar-refractivity contribution in [1.82, 2.24) is 4.98 Å². The van der Waals surface area contributed by atoms with Crippen LogP contribution in [-0.4, -0.2) is 12.1 Å². The minimum atomic E-state index is -0.442. The number of hydrogen-bond donors (Lipinski definition) is 1. The van der Waals surface area contributed by atoms with Crippen molar-refractivity contribution in [2.24, 2.45) is 0 Å². The Morgan fingerprint density at radius 2 is 2.00 bits per heavy atom. The van der Waals surface area contributed by atoms with Gasteiger partial charge in [0.25, 0.3) is 5.56 Å². The van der Waals surface area contributed by atoms with Gasteiger partial charge in [-0.15, -0.1) is 0 Å². The van der Waals surface area contributed by atoms with Crippen LogP contribution in [-0.2, 0) is 0 Å². The lowest BCUT2D eigenvalue weighted by Crippen LogP contribution is -2.12. The molecule has 5 nitrogen and oxygen atoms in total. The van der Waals surface area contributed by atoms with Crippen LogP contribution >= 0.6 is 0 Å². The number of benzene rings is 1. The van der Waals surface area contributed by atoms with Crippen molar-refractivity contribution >= 4 is 0 Å². The van der Waals surface area contributed by atoms with Gasteiger partial charge in [-0.25, -0.2) is 0 Å². The Balaban J connectivity index is 2.18. The summed E-state index contributed by atoms with van der Waals surface area (Å²) < 4.78 is 10.4. The zero-order valence-electron chi connectivity index (χ0n) is 11.8. The molecule has 2 aromatic heterocycles. The fraction of sp³-hybridized carbons (Fsp3) is 0.0588. The summed E-state index contributed by atoms with van der Waals surface area (Å²) in [5.41, 5.74) is 1.49. The number of H-pyrrole nitrogens is 1. The second kappa shape index (κ2) is 5.62. The van der Waals surface area contributed by atoms with E-state index in [1.807, 2.05) is 18.2 Å². The standard InChI is InChI=1S/C17H12N2O3/c1-21-12-6-4-11(5-7-12)15-9-13(16-3-2-8-22-16)14(10-18)17(20)19-15/h2-9H,1H3,(H,19,20). The zero-order valence-corrected chi connectivity index (χ0v) is 11.8. The van der Waals surface area contributed by atoms with Crippen molar-refractivity contribution in [3.8, 4) is 34.4 Å². The largest absolute Gasteiger partial charge is 0.497 e. The number of pyridine rings is 1. The van der Waals surface area contributed by atoms with Crippen molar-refractivity contribution < 1.29 is 9.15 Å². The second-order valence-electron chi connectivity index (χ2n) is 4.62. The summed E-state index contributed by atoms with van der Waals surface area (Å²) in [6.07, 6.45) is 1.50. The quantitative estimate of drug-likeness (QED) is 0.804. The Kier molecular flexibility index (Phi) is 3.50. The van der Waals surface area contributed by atoms with Crippen LogP contribution < -0.4 is 10.3 Å². The number of ether oxygens (including phenoxy) is 1. The van der Waals surface area contributed by atoms with Crippen LogP contribution in [0.2, 0.25) is 0 Å². The van der Waals surface area contributed by atoms with E-state index in [4.69, 9.17) is 9.15 Å². The highest BCUT2D eigenvalue weighted by molar-refractivity contribution is 5.72. The fourth-order valence-corrected chi connectivity index (χ4v) is 2.22. The SMILES string of the molecule is COc1ccc(-c2cc(-c3ccco3)c(C#N)c(=O)[nH]2)cc1. The summed E-state index contributed by atoms with van der Waals surface area (Å²) in [4.78, 5) is 14.9. The molecule has 0 saturated carbocycles. The molecule has 2 heterocycles. The van der Waals surface area contributed by atoms with E-state index < -0.39 is 5.56 Å². The first kappa shape index (κ1) is 13.7. The second-order valence-corrected chi connectivity index (χ2v) is 4.62. The summed E-state index contributed by atoms with van der Waals surface area (Å²) in [6, 6.07) is 14.4. The van der Waals surface area contributed by atoms with Gasteiger partial charge >= 0.3 is 0 Å². The Labute approximate surface area is 126 Å². The summed E-state index contributed by atoms with van der Waals surface area (Å²) >= 11 is 0. The minimum absolute atomic E-state index is 0.0345. The molecule has 1 N–H and O–H groups in total. The lowest BCUT2D eigenvalue weighted by molar-refractivity contribution is 0.415. The van der Waals surface area contributed by atoms with Crippen molar-refractivity contribution in [1.29, 1.82) is 5.26 Å². The van der Waals surface area contributed by atoms with Crippen LogP contribution in [0.3, 0.4) is 0 Å². The number of hydrogen-bond acceptors (Lipinski definition) is 4. The molecular formula is C17H12N2O3. The Morgan fingerprint density at radius 1 is 1.23 bits per heavy atom. The number of nitrogens with zero attached hydrogens (tertiary/aromatic N) is 1. The highest BCUT2D eigenvalue weighted by Gasteiger charge is 2.14. The van der Waals surface area contributed by atoms with E-state index in [9.17, 15) is 10.1 Å². The van der Waals surface area contributed by atoms with Gasteiger partial charge in [0.1, 0.15) is 23.1 Å². The fourth-order valence-electron chi connectivity index (χ4n) is 2.22. The van der Waals surface area contributed by atoms with Gasteiger partial charge in [-0.1, -0.05) is 0 Å². The van der Waals surface area contributed by atoms with Gasteiger partial charge in [-0.05, 0) is 48.0 Å². The third-order valence-electron chi connectivity index (χ3n) is 3.33. The molecule has 3 aromatic rings. The van der Waals surface area contributed by atoms with Gasteiger partial charge in [0.05, 0.1) is 13.4 Å². The van der Waals surface area contributed by atoms with Gasteiger partial charge in [0.2, 0.25) is 0 Å². The number of aromatic amines is 1. The molecule has 108 valence electrons. The predicted octanol–water partition coefficient (Wildman–Crippen LogP) is 3.18. The maximum absolute atomic E-state index is 12.1. The van der Waals surface area contributed by atoms with E-state index in [-0.39, 0.29) is 5.56 Å². The molecule has 5 heteroatoms. The third-order valence-corrected chi connectivity index (χ3v) is 3.33. The van der Waals surface area contributed by atoms with Gasteiger partial charge in [-0.2, -0.15) is 5.26 Å². The normalized spacial score (nSPS) is 10.2. The van der Waals surface area contributed by atoms with E-state index in [1.165, 1.54) is 6.26 Å². The van der Waals surface area contributed by atoms with E-state index in [0.717, 1.165) is 11.3 Å². The first-order valence-electron chi connectivity index (χ1n) is 6.58. The summed E-state index contributed by atoms with van der Waals surface area (Å²) in [5, 5.41) is 9.20. The summed E-state index contributed by atoms with van der Waals surface area (Å²) in [6.45, 7) is 0. The van der Waals surface area contributed by atoms with Crippen LogP contribution in [0.15, 0.2) is 57.9 Å². The van der Waals surface area contributed by atoms with Crippen LogP contribution in [0, 0.1) is 11.3 Å². The first-order valence-corrected chi connectivity index (χ1v) is 6.58. The van der Waals surface area contributed by atoms with Crippen molar-refractivity contribution in [3.05, 3.63) is 64.6 Å². The van der Waals surface area contributed by atoms with Crippen LogP contribution in [0.1, 0.15) is 5.56 Å². The van der Waals surface area contributed by atoms with E-state index in [2.05, 4.69) is 4.98 Å². The maximum Gasteiger partial charge on any atom is 0.267 e. The molecular weight excluding hydrogens is 280 g/mol. The average Bonchev–Trinajstić information content (AvgIpc) is 3.08. The van der Waals surface area contributed by atoms with Gasteiger partial charge < -0.3 is 14.1 Å². The van der Waals surface area contributed by atoms with Crippen molar-refractivity contribution in [2.45, 2.75) is 0 Å². The van der Waals surface area contributed by atoms with Gasteiger partial charge in [0.15, 0.2) is 0 Å². The Hall–Kier alpha value is -3.26. The highest BCUT2D eigenvalue weighted by Crippen LogP contribution is 2.27. The third kappa shape index (κ3) is 2.38. The molecule has 22 heavy (non-hydrogen) atoms. The van der Waals surface area contributed by atoms with Crippen molar-refractivity contribution in [3.63, 3.8) is 0 Å². The number of nitrogens with one attached hydrogen (secondary N) is 1. The number of rotatable bonds is 3. The van der Waals surface area contributed by atoms with Gasteiger partial charge in [-0.3, -0.25) is 4.79 Å². The predicted molar refractivity (Wildman–Crippen MR) is 81.5 cm³/mol. The molecule has 0 spiro atoms. The maximum atomic E-state index is 12.1. The number of methoxy groups -OCH3 is 1. The molecule has 0 saturated heterocycles. The summed E-state index contributed by atoms with van der Waals surface area (Å²) in [5.74, 6) is 1.21. The number of furan rings is 1. The minimum Gasteiger partial charge on any atom is -0.497 e. The molecule has 0 bridgehead atoms. The lowest BCUT2D eigenvalue weighted by atomic mass is 10.0. The molecule has 0 fully saturated rings. The molecule has 0 unspecified atom stereocenters. The topological polar surface area (TPSA) is 79.0 Å². The molecule has 1 aromatic carbocycles. The highest BCUT2D eigenvalue weighted by atomic mass is 16.5. The molecule has 0 atom stereocenters. The Morgan fingerprint density at radius 3 is 2.59 bits per heavy atom. The van der Waals surface area contributed by atoms with Crippen LogP contribution in [0.4, 0.5) is 0 Å². The molecule has 0 amide bonds.